The molecule has 0 atom stereocenters. The van der Waals surface area contributed by atoms with Crippen LogP contribution >= 0.6 is 35.3 Å². The molecule has 7 nitrogen and oxygen atoms in total. The molecule has 2 aromatic rings. The van der Waals surface area contributed by atoms with Crippen LogP contribution in [0.25, 0.3) is 0 Å². The number of ether oxygens (including phenoxy) is 1. The lowest BCUT2D eigenvalue weighted by molar-refractivity contribution is -0.274. The molecular weight excluding hydrogens is 544 g/mol. The Kier molecular flexibility index (Phi) is 9.17. The van der Waals surface area contributed by atoms with Gasteiger partial charge in [-0.15, -0.1) is 48.5 Å². The summed E-state index contributed by atoms with van der Waals surface area (Å²) in [6.45, 7) is 3.49. The van der Waals surface area contributed by atoms with E-state index in [9.17, 15) is 21.6 Å². The van der Waals surface area contributed by atoms with Crippen LogP contribution < -0.4 is 20.5 Å². The summed E-state index contributed by atoms with van der Waals surface area (Å²) in [7, 11) is -3.67. The predicted octanol–water partition coefficient (Wildman–Crippen LogP) is 3.59. The molecule has 0 unspecified atom stereocenters. The van der Waals surface area contributed by atoms with Crippen molar-refractivity contribution in [2.24, 2.45) is 10.7 Å². The van der Waals surface area contributed by atoms with Crippen molar-refractivity contribution in [1.29, 1.82) is 0 Å². The zero-order chi connectivity index (χ0) is 20.9. The van der Waals surface area contributed by atoms with Gasteiger partial charge in [-0.1, -0.05) is 12.1 Å². The van der Waals surface area contributed by atoms with E-state index in [2.05, 4.69) is 19.8 Å². The number of para-hydroxylation sites is 2. The van der Waals surface area contributed by atoms with Crippen molar-refractivity contribution in [2.75, 3.05) is 18.4 Å². The minimum Gasteiger partial charge on any atom is -0.404 e. The molecule has 0 spiro atoms. The van der Waals surface area contributed by atoms with Crippen LogP contribution in [0.2, 0.25) is 0 Å². The number of guanidine groups is 1. The van der Waals surface area contributed by atoms with Crippen molar-refractivity contribution in [2.45, 2.75) is 25.1 Å². The van der Waals surface area contributed by atoms with Crippen molar-refractivity contribution in [1.82, 2.24) is 4.72 Å². The number of hydrogen-bond acceptors (Lipinski definition) is 5. The lowest BCUT2D eigenvalue weighted by atomic mass is 10.3. The maximum Gasteiger partial charge on any atom is 0.573 e. The van der Waals surface area contributed by atoms with Crippen LogP contribution in [0.4, 0.5) is 18.9 Å². The lowest BCUT2D eigenvalue weighted by Gasteiger charge is -2.14. The van der Waals surface area contributed by atoms with E-state index in [4.69, 9.17) is 5.73 Å². The van der Waals surface area contributed by atoms with Crippen molar-refractivity contribution in [3.8, 4) is 5.75 Å². The van der Waals surface area contributed by atoms with Crippen LogP contribution in [0.3, 0.4) is 0 Å². The fourth-order valence-electron chi connectivity index (χ4n) is 2.27. The van der Waals surface area contributed by atoms with Crippen LogP contribution in [0.1, 0.15) is 9.75 Å². The number of nitrogens with two attached hydrogens (primary N) is 1. The van der Waals surface area contributed by atoms with E-state index >= 15 is 0 Å². The van der Waals surface area contributed by atoms with E-state index in [1.165, 1.54) is 29.5 Å². The molecule has 162 valence electrons. The van der Waals surface area contributed by atoms with Crippen LogP contribution in [0, 0.1) is 13.8 Å². The number of halogens is 4. The maximum absolute atomic E-state index is 12.4. The monoisotopic (exact) mass is 564 g/mol. The number of alkyl halides is 3. The first-order chi connectivity index (χ1) is 13.0. The molecule has 13 heteroatoms. The number of aryl methyl sites for hydroxylation is 2. The molecule has 0 fully saturated rings. The van der Waals surface area contributed by atoms with E-state index in [0.717, 1.165) is 10.9 Å². The van der Waals surface area contributed by atoms with Crippen molar-refractivity contribution in [3.63, 3.8) is 0 Å². The molecule has 0 aliphatic carbocycles. The second-order valence-corrected chi connectivity index (χ2v) is 8.81. The number of rotatable bonds is 7. The van der Waals surface area contributed by atoms with Gasteiger partial charge in [0, 0.05) is 16.3 Å². The van der Waals surface area contributed by atoms with E-state index in [1.807, 2.05) is 6.92 Å². The highest BCUT2D eigenvalue weighted by atomic mass is 127. The Hall–Kier alpha value is -1.58. The number of aliphatic imine (C=N–C) groups is 1. The summed E-state index contributed by atoms with van der Waals surface area (Å²) in [4.78, 5) is 5.67. The van der Waals surface area contributed by atoms with E-state index in [1.54, 1.807) is 13.0 Å². The fourth-order valence-corrected chi connectivity index (χ4v) is 4.84. The number of nitrogens with zero attached hydrogens (tertiary/aromatic N) is 1. The number of sulfonamides is 1. The van der Waals surface area contributed by atoms with Crippen molar-refractivity contribution < 1.29 is 26.3 Å². The van der Waals surface area contributed by atoms with Crippen LogP contribution in [0.5, 0.6) is 5.75 Å². The molecular formula is C16H20F3IN4O3S2. The first kappa shape index (κ1) is 25.5. The van der Waals surface area contributed by atoms with Crippen LogP contribution in [0.15, 0.2) is 40.2 Å². The van der Waals surface area contributed by atoms with E-state index in [0.29, 0.717) is 4.88 Å². The molecule has 1 aromatic carbocycles. The summed E-state index contributed by atoms with van der Waals surface area (Å²) < 4.78 is 68.1. The first-order valence-corrected chi connectivity index (χ1v) is 10.3. The Morgan fingerprint density at radius 2 is 1.93 bits per heavy atom. The molecule has 0 saturated heterocycles. The van der Waals surface area contributed by atoms with Gasteiger partial charge in [-0.05, 0) is 32.0 Å². The highest BCUT2D eigenvalue weighted by Crippen LogP contribution is 2.29. The molecule has 0 aliphatic rings. The van der Waals surface area contributed by atoms with Gasteiger partial charge in [0.2, 0.25) is 10.0 Å². The molecule has 0 amide bonds. The lowest BCUT2D eigenvalue weighted by Crippen LogP contribution is -2.29. The molecule has 0 bridgehead atoms. The minimum atomic E-state index is -4.85. The standard InChI is InChI=1S/C16H19F3N4O3S2.HI/c1-10-9-14(11(2)27-10)28(24,25)22-8-7-21-15(20)23-12-5-3-4-6-13(12)26-16(17,18)19;/h3-6,9,22H,7-8H2,1-2H3,(H3,20,21,23);1H. The quantitative estimate of drug-likeness (QED) is 0.207. The number of thiophene rings is 1. The largest absolute Gasteiger partial charge is 0.573 e. The Labute approximate surface area is 187 Å². The van der Waals surface area contributed by atoms with Gasteiger partial charge in [-0.3, -0.25) is 4.99 Å². The molecule has 2 rings (SSSR count). The Morgan fingerprint density at radius 3 is 2.52 bits per heavy atom. The maximum atomic E-state index is 12.4. The SMILES string of the molecule is Cc1cc(S(=O)(=O)NCCN=C(N)Nc2ccccc2OC(F)(F)F)c(C)s1.I. The van der Waals surface area contributed by atoms with Gasteiger partial charge in [0.15, 0.2) is 11.7 Å². The van der Waals surface area contributed by atoms with Gasteiger partial charge in [-0.2, -0.15) is 0 Å². The zero-order valence-corrected chi connectivity index (χ0v) is 19.4. The molecule has 1 aromatic heterocycles. The summed E-state index contributed by atoms with van der Waals surface area (Å²) in [6, 6.07) is 6.93. The second-order valence-electron chi connectivity index (χ2n) is 5.61. The molecule has 4 N–H and O–H groups in total. The molecule has 1 heterocycles. The molecule has 29 heavy (non-hydrogen) atoms. The third-order valence-electron chi connectivity index (χ3n) is 3.35. The third-order valence-corrected chi connectivity index (χ3v) is 6.03. The Bertz CT molecular complexity index is 963. The summed E-state index contributed by atoms with van der Waals surface area (Å²) in [6.07, 6.45) is -4.85. The number of anilines is 1. The Morgan fingerprint density at radius 1 is 1.28 bits per heavy atom. The van der Waals surface area contributed by atoms with Crippen molar-refractivity contribution >= 4 is 57.0 Å². The van der Waals surface area contributed by atoms with Crippen LogP contribution in [-0.2, 0) is 10.0 Å². The average molecular weight is 564 g/mol. The number of nitrogens with one attached hydrogen (secondary N) is 2. The summed E-state index contributed by atoms with van der Waals surface area (Å²) in [5, 5.41) is 2.50. The zero-order valence-electron chi connectivity index (χ0n) is 15.4. The summed E-state index contributed by atoms with van der Waals surface area (Å²) in [5.74, 6) is -0.642. The highest BCUT2D eigenvalue weighted by Gasteiger charge is 2.32. The number of benzene rings is 1. The molecule has 0 saturated carbocycles. The topological polar surface area (TPSA) is 106 Å². The van der Waals surface area contributed by atoms with E-state index < -0.39 is 22.1 Å². The second kappa shape index (κ2) is 10.4. The summed E-state index contributed by atoms with van der Waals surface area (Å²) >= 11 is 1.38. The van der Waals surface area contributed by atoms with Gasteiger partial charge in [0.1, 0.15) is 0 Å². The predicted molar refractivity (Wildman–Crippen MR) is 118 cm³/mol. The molecule has 0 aliphatic heterocycles. The van der Waals surface area contributed by atoms with E-state index in [-0.39, 0.29) is 53.6 Å². The third kappa shape index (κ3) is 7.98. The smallest absolute Gasteiger partial charge is 0.404 e. The average Bonchev–Trinajstić information content (AvgIpc) is 2.91. The fraction of sp³-hybridized carbons (Fsp3) is 0.312. The number of hydrogen-bond donors (Lipinski definition) is 3. The van der Waals surface area contributed by atoms with Gasteiger partial charge in [-0.25, -0.2) is 13.1 Å². The molecule has 0 radical (unpaired) electrons. The van der Waals surface area contributed by atoms with Gasteiger partial charge in [0.05, 0.1) is 17.1 Å². The van der Waals surface area contributed by atoms with Gasteiger partial charge < -0.3 is 15.8 Å². The first-order valence-electron chi connectivity index (χ1n) is 7.96. The summed E-state index contributed by atoms with van der Waals surface area (Å²) in [5.41, 5.74) is 5.63. The van der Waals surface area contributed by atoms with Crippen molar-refractivity contribution in [3.05, 3.63) is 40.1 Å². The van der Waals surface area contributed by atoms with Gasteiger partial charge in [0.25, 0.3) is 0 Å². The van der Waals surface area contributed by atoms with Gasteiger partial charge >= 0.3 is 6.36 Å². The Balaban J connectivity index is 0.00000420. The van der Waals surface area contributed by atoms with Crippen LogP contribution in [-0.4, -0.2) is 33.8 Å². The normalized spacial score (nSPS) is 12.4. The highest BCUT2D eigenvalue weighted by molar-refractivity contribution is 14.0. The minimum absolute atomic E-state index is 0.